The van der Waals surface area contributed by atoms with Gasteiger partial charge < -0.3 is 11.1 Å². The van der Waals surface area contributed by atoms with Crippen molar-refractivity contribution in [1.82, 2.24) is 9.78 Å². The largest absolute Gasteiger partial charge is 0.378 e. The lowest BCUT2D eigenvalue weighted by atomic mass is 10.4. The van der Waals surface area contributed by atoms with Crippen LogP contribution >= 0.6 is 11.6 Å². The quantitative estimate of drug-likeness (QED) is 0.796. The van der Waals surface area contributed by atoms with Gasteiger partial charge in [0.1, 0.15) is 5.69 Å². The fourth-order valence-electron chi connectivity index (χ4n) is 1.50. The number of aromatic nitrogens is 2. The predicted molar refractivity (Wildman–Crippen MR) is 63.8 cm³/mol. The Hall–Kier alpha value is -1.07. The molecule has 0 amide bonds. The maximum absolute atomic E-state index is 12.0. The van der Waals surface area contributed by atoms with Crippen molar-refractivity contribution >= 4 is 17.3 Å². The molecule has 0 aromatic carbocycles. The Labute approximate surface area is 98.6 Å². The molecule has 16 heavy (non-hydrogen) atoms. The van der Waals surface area contributed by atoms with E-state index in [0.29, 0.717) is 36.3 Å². The zero-order valence-electron chi connectivity index (χ0n) is 8.95. The monoisotopic (exact) mass is 242 g/mol. The van der Waals surface area contributed by atoms with E-state index >= 15 is 0 Å². The van der Waals surface area contributed by atoms with Crippen LogP contribution in [0.5, 0.6) is 0 Å². The molecule has 1 aromatic rings. The smallest absolute Gasteiger partial charge is 0.291 e. The summed E-state index contributed by atoms with van der Waals surface area (Å²) in [6.45, 7) is 1.68. The topological polar surface area (TPSA) is 72.9 Å². The van der Waals surface area contributed by atoms with Crippen LogP contribution in [0.3, 0.4) is 0 Å². The molecule has 2 rings (SSSR count). The van der Waals surface area contributed by atoms with Crippen molar-refractivity contribution in [2.75, 3.05) is 18.4 Å². The molecule has 88 valence electrons. The highest BCUT2D eigenvalue weighted by Crippen LogP contribution is 2.30. The molecule has 1 heterocycles. The molecule has 0 unspecified atom stereocenters. The van der Waals surface area contributed by atoms with E-state index in [4.69, 9.17) is 17.3 Å². The van der Waals surface area contributed by atoms with Crippen LogP contribution in [0.25, 0.3) is 0 Å². The van der Waals surface area contributed by atoms with Gasteiger partial charge in [0.05, 0.1) is 11.2 Å². The average Bonchev–Trinajstić information content (AvgIpc) is 3.06. The summed E-state index contributed by atoms with van der Waals surface area (Å²) in [5.74, 6) is 0.605. The highest BCUT2D eigenvalue weighted by atomic mass is 35.5. The van der Waals surface area contributed by atoms with E-state index in [0.717, 1.165) is 0 Å². The standard InChI is InChI=1S/C10H15ClN4O/c11-8-5-14-15(6-7-1-2-7)10(16)9(8)13-4-3-12/h5,7,13H,1-4,6,12H2. The van der Waals surface area contributed by atoms with Crippen molar-refractivity contribution in [1.29, 1.82) is 0 Å². The van der Waals surface area contributed by atoms with Crippen LogP contribution in [0.2, 0.25) is 5.02 Å². The zero-order chi connectivity index (χ0) is 11.5. The van der Waals surface area contributed by atoms with Crippen molar-refractivity contribution in [3.8, 4) is 0 Å². The van der Waals surface area contributed by atoms with Crippen LogP contribution in [-0.2, 0) is 6.54 Å². The van der Waals surface area contributed by atoms with Crippen LogP contribution in [-0.4, -0.2) is 22.9 Å². The Morgan fingerprint density at radius 1 is 1.62 bits per heavy atom. The Kier molecular flexibility index (Phi) is 3.46. The van der Waals surface area contributed by atoms with E-state index in [9.17, 15) is 4.79 Å². The van der Waals surface area contributed by atoms with Gasteiger partial charge in [-0.05, 0) is 18.8 Å². The van der Waals surface area contributed by atoms with E-state index in [1.54, 1.807) is 0 Å². The normalized spacial score (nSPS) is 15.1. The van der Waals surface area contributed by atoms with Crippen LogP contribution in [0.4, 0.5) is 5.69 Å². The third kappa shape index (κ3) is 2.54. The number of halogens is 1. The molecule has 1 saturated carbocycles. The summed E-state index contributed by atoms with van der Waals surface area (Å²) in [4.78, 5) is 12.0. The van der Waals surface area contributed by atoms with Crippen LogP contribution < -0.4 is 16.6 Å². The van der Waals surface area contributed by atoms with Crippen molar-refractivity contribution < 1.29 is 0 Å². The Balaban J connectivity index is 2.22. The summed E-state index contributed by atoms with van der Waals surface area (Å²) in [5, 5.41) is 7.31. The molecule has 3 N–H and O–H groups in total. The Morgan fingerprint density at radius 2 is 2.38 bits per heavy atom. The summed E-state index contributed by atoms with van der Waals surface area (Å²) in [7, 11) is 0. The van der Waals surface area contributed by atoms with Gasteiger partial charge in [0.2, 0.25) is 0 Å². The van der Waals surface area contributed by atoms with Gasteiger partial charge in [-0.15, -0.1) is 0 Å². The summed E-state index contributed by atoms with van der Waals surface area (Å²) in [5.41, 5.74) is 5.62. The molecule has 0 aliphatic heterocycles. The molecule has 1 aliphatic carbocycles. The minimum Gasteiger partial charge on any atom is -0.378 e. The number of nitrogens with two attached hydrogens (primary N) is 1. The van der Waals surface area contributed by atoms with Gasteiger partial charge in [-0.25, -0.2) is 4.68 Å². The van der Waals surface area contributed by atoms with Gasteiger partial charge in [-0.3, -0.25) is 4.79 Å². The third-order valence-corrected chi connectivity index (χ3v) is 2.86. The lowest BCUT2D eigenvalue weighted by Crippen LogP contribution is -2.28. The van der Waals surface area contributed by atoms with Gasteiger partial charge in [0, 0.05) is 19.6 Å². The molecular weight excluding hydrogens is 228 g/mol. The second-order valence-corrected chi connectivity index (χ2v) is 4.42. The molecule has 0 atom stereocenters. The minimum absolute atomic E-state index is 0.159. The van der Waals surface area contributed by atoms with Gasteiger partial charge >= 0.3 is 0 Å². The number of nitrogens with one attached hydrogen (secondary N) is 1. The number of hydrogen-bond acceptors (Lipinski definition) is 4. The summed E-state index contributed by atoms with van der Waals surface area (Å²) in [6.07, 6.45) is 3.87. The highest BCUT2D eigenvalue weighted by Gasteiger charge is 2.23. The van der Waals surface area contributed by atoms with Crippen molar-refractivity contribution in [3.63, 3.8) is 0 Å². The second-order valence-electron chi connectivity index (χ2n) is 4.01. The van der Waals surface area contributed by atoms with Gasteiger partial charge in [-0.2, -0.15) is 5.10 Å². The maximum atomic E-state index is 12.0. The fourth-order valence-corrected chi connectivity index (χ4v) is 1.69. The van der Waals surface area contributed by atoms with E-state index in [1.165, 1.54) is 23.7 Å². The molecule has 0 bridgehead atoms. The molecule has 0 saturated heterocycles. The predicted octanol–water partition coefficient (Wildman–Crippen LogP) is 0.677. The van der Waals surface area contributed by atoms with Crippen LogP contribution in [0.1, 0.15) is 12.8 Å². The van der Waals surface area contributed by atoms with E-state index in [1.807, 2.05) is 0 Å². The molecule has 6 heteroatoms. The Bertz CT molecular complexity index is 427. The summed E-state index contributed by atoms with van der Waals surface area (Å²) >= 11 is 5.91. The lowest BCUT2D eigenvalue weighted by molar-refractivity contribution is 0.534. The number of hydrogen-bond donors (Lipinski definition) is 2. The first kappa shape index (κ1) is 11.4. The van der Waals surface area contributed by atoms with Gasteiger partial charge in [-0.1, -0.05) is 11.6 Å². The second kappa shape index (κ2) is 4.84. The molecule has 1 aromatic heterocycles. The summed E-state index contributed by atoms with van der Waals surface area (Å²) in [6, 6.07) is 0. The maximum Gasteiger partial charge on any atom is 0.291 e. The average molecular weight is 243 g/mol. The van der Waals surface area contributed by atoms with Gasteiger partial charge in [0.25, 0.3) is 5.56 Å². The van der Waals surface area contributed by atoms with E-state index < -0.39 is 0 Å². The molecule has 5 nitrogen and oxygen atoms in total. The third-order valence-electron chi connectivity index (χ3n) is 2.57. The van der Waals surface area contributed by atoms with E-state index in [-0.39, 0.29) is 5.56 Å². The molecular formula is C10H15ClN4O. The first-order valence-corrected chi connectivity index (χ1v) is 5.79. The molecule has 0 spiro atoms. The number of nitrogens with zero attached hydrogens (tertiary/aromatic N) is 2. The van der Waals surface area contributed by atoms with Crippen LogP contribution in [0.15, 0.2) is 11.0 Å². The zero-order valence-corrected chi connectivity index (χ0v) is 9.70. The lowest BCUT2D eigenvalue weighted by Gasteiger charge is -2.09. The molecule has 1 fully saturated rings. The van der Waals surface area contributed by atoms with Crippen molar-refractivity contribution in [2.45, 2.75) is 19.4 Å². The number of rotatable bonds is 5. The highest BCUT2D eigenvalue weighted by molar-refractivity contribution is 6.32. The first-order chi connectivity index (χ1) is 7.72. The van der Waals surface area contributed by atoms with Crippen LogP contribution in [0, 0.1) is 5.92 Å². The fraction of sp³-hybridized carbons (Fsp3) is 0.600. The Morgan fingerprint density at radius 3 is 3.00 bits per heavy atom. The number of anilines is 1. The van der Waals surface area contributed by atoms with Crippen molar-refractivity contribution in [3.05, 3.63) is 21.6 Å². The first-order valence-electron chi connectivity index (χ1n) is 5.42. The molecule has 1 aliphatic rings. The minimum atomic E-state index is -0.159. The molecule has 0 radical (unpaired) electrons. The van der Waals surface area contributed by atoms with E-state index in [2.05, 4.69) is 10.4 Å². The van der Waals surface area contributed by atoms with Crippen molar-refractivity contribution in [2.24, 2.45) is 11.7 Å². The SMILES string of the molecule is NCCNc1c(Cl)cnn(CC2CC2)c1=O. The summed E-state index contributed by atoms with van der Waals surface area (Å²) < 4.78 is 1.47. The van der Waals surface area contributed by atoms with Gasteiger partial charge in [0.15, 0.2) is 0 Å².